The maximum atomic E-state index is 12.6. The Morgan fingerprint density at radius 1 is 1.29 bits per heavy atom. The summed E-state index contributed by atoms with van der Waals surface area (Å²) in [7, 11) is 3.91. The number of nitrogens with zero attached hydrogens (tertiary/aromatic N) is 1. The smallest absolute Gasteiger partial charge is 0.252 e. The van der Waals surface area contributed by atoms with E-state index in [0.717, 1.165) is 31.4 Å². The normalized spacial score (nSPS) is 17.0. The van der Waals surface area contributed by atoms with E-state index in [1.165, 1.54) is 6.42 Å². The number of carbonyl (C=O) groups is 1. The quantitative estimate of drug-likeness (QED) is 0.839. The van der Waals surface area contributed by atoms with Gasteiger partial charge in [-0.3, -0.25) is 4.79 Å². The first-order valence-corrected chi connectivity index (χ1v) is 7.75. The standard InChI is InChI=1S/C16H23N3OS/c1-19(2)13-8-6-7-12(11-13)14(20)18-16(15(17)21)9-4-3-5-10-16/h6-8,11H,3-5,9-10H2,1-2H3,(H2,17,21)(H,18,20). The molecule has 1 aromatic rings. The predicted molar refractivity (Wildman–Crippen MR) is 90.8 cm³/mol. The summed E-state index contributed by atoms with van der Waals surface area (Å²) in [6.45, 7) is 0. The molecule has 3 N–H and O–H groups in total. The molecular weight excluding hydrogens is 282 g/mol. The molecule has 2 rings (SSSR count). The van der Waals surface area contributed by atoms with Crippen LogP contribution in [-0.4, -0.2) is 30.5 Å². The van der Waals surface area contributed by atoms with Gasteiger partial charge in [-0.1, -0.05) is 37.5 Å². The van der Waals surface area contributed by atoms with Gasteiger partial charge in [0.05, 0.1) is 10.5 Å². The van der Waals surface area contributed by atoms with E-state index < -0.39 is 5.54 Å². The third kappa shape index (κ3) is 3.53. The summed E-state index contributed by atoms with van der Waals surface area (Å²) in [5.74, 6) is -0.103. The topological polar surface area (TPSA) is 58.4 Å². The van der Waals surface area contributed by atoms with E-state index in [-0.39, 0.29) is 5.91 Å². The van der Waals surface area contributed by atoms with Crippen molar-refractivity contribution >= 4 is 28.8 Å². The van der Waals surface area contributed by atoms with Crippen molar-refractivity contribution in [2.24, 2.45) is 5.73 Å². The van der Waals surface area contributed by atoms with Gasteiger partial charge in [0.25, 0.3) is 5.91 Å². The molecule has 114 valence electrons. The largest absolute Gasteiger partial charge is 0.391 e. The molecule has 4 nitrogen and oxygen atoms in total. The number of thiocarbonyl (C=S) groups is 1. The van der Waals surface area contributed by atoms with E-state index >= 15 is 0 Å². The Hall–Kier alpha value is -1.62. The highest BCUT2D eigenvalue weighted by molar-refractivity contribution is 7.80. The number of nitrogens with one attached hydrogen (secondary N) is 1. The molecule has 21 heavy (non-hydrogen) atoms. The number of benzene rings is 1. The van der Waals surface area contributed by atoms with Gasteiger partial charge in [0.15, 0.2) is 0 Å². The van der Waals surface area contributed by atoms with Crippen LogP contribution in [0.15, 0.2) is 24.3 Å². The Balaban J connectivity index is 2.19. The van der Waals surface area contributed by atoms with Crippen molar-refractivity contribution in [3.8, 4) is 0 Å². The molecule has 0 radical (unpaired) electrons. The lowest BCUT2D eigenvalue weighted by atomic mass is 9.81. The molecule has 0 unspecified atom stereocenters. The fourth-order valence-corrected chi connectivity index (χ4v) is 3.06. The number of hydrogen-bond acceptors (Lipinski definition) is 3. The molecule has 1 aromatic carbocycles. The predicted octanol–water partition coefficient (Wildman–Crippen LogP) is 2.47. The molecule has 1 amide bonds. The molecule has 0 atom stereocenters. The van der Waals surface area contributed by atoms with E-state index in [9.17, 15) is 4.79 Å². The zero-order valence-electron chi connectivity index (χ0n) is 12.7. The molecule has 1 fully saturated rings. The first-order valence-electron chi connectivity index (χ1n) is 7.34. The second-order valence-corrected chi connectivity index (χ2v) is 6.35. The van der Waals surface area contributed by atoms with Crippen LogP contribution in [0.25, 0.3) is 0 Å². The van der Waals surface area contributed by atoms with Crippen molar-refractivity contribution in [2.75, 3.05) is 19.0 Å². The molecule has 0 heterocycles. The molecule has 1 aliphatic carbocycles. The van der Waals surface area contributed by atoms with Gasteiger partial charge in [-0.2, -0.15) is 0 Å². The Bertz CT molecular complexity index is 536. The van der Waals surface area contributed by atoms with Crippen LogP contribution in [-0.2, 0) is 0 Å². The zero-order chi connectivity index (χ0) is 15.5. The highest BCUT2D eigenvalue weighted by Crippen LogP contribution is 2.29. The average Bonchev–Trinajstić information content (AvgIpc) is 2.48. The SMILES string of the molecule is CN(C)c1cccc(C(=O)NC2(C(N)=S)CCCCC2)c1. The van der Waals surface area contributed by atoms with Gasteiger partial charge in [-0.25, -0.2) is 0 Å². The molecule has 1 saturated carbocycles. The van der Waals surface area contributed by atoms with Gasteiger partial charge in [-0.05, 0) is 31.0 Å². The third-order valence-corrected chi connectivity index (χ3v) is 4.55. The third-order valence-electron chi connectivity index (χ3n) is 4.16. The minimum absolute atomic E-state index is 0.103. The first-order chi connectivity index (χ1) is 9.94. The van der Waals surface area contributed by atoms with Crippen molar-refractivity contribution in [2.45, 2.75) is 37.6 Å². The van der Waals surface area contributed by atoms with E-state index in [4.69, 9.17) is 18.0 Å². The molecule has 1 aliphatic rings. The first kappa shape index (κ1) is 15.8. The Morgan fingerprint density at radius 3 is 2.52 bits per heavy atom. The van der Waals surface area contributed by atoms with Crippen LogP contribution in [0.3, 0.4) is 0 Å². The van der Waals surface area contributed by atoms with Crippen molar-refractivity contribution in [3.05, 3.63) is 29.8 Å². The minimum atomic E-state index is -0.515. The van der Waals surface area contributed by atoms with Gasteiger partial charge < -0.3 is 16.0 Å². The molecule has 0 aromatic heterocycles. The van der Waals surface area contributed by atoms with Crippen molar-refractivity contribution < 1.29 is 4.79 Å². The molecular formula is C16H23N3OS. The van der Waals surface area contributed by atoms with Gasteiger partial charge in [0.1, 0.15) is 0 Å². The van der Waals surface area contributed by atoms with Gasteiger partial charge in [0.2, 0.25) is 0 Å². The number of nitrogens with two attached hydrogens (primary N) is 1. The highest BCUT2D eigenvalue weighted by atomic mass is 32.1. The number of amides is 1. The number of hydrogen-bond donors (Lipinski definition) is 2. The summed E-state index contributed by atoms with van der Waals surface area (Å²) in [5.41, 5.74) is 7.04. The fraction of sp³-hybridized carbons (Fsp3) is 0.500. The number of anilines is 1. The average molecular weight is 305 g/mol. The van der Waals surface area contributed by atoms with Gasteiger partial charge >= 0.3 is 0 Å². The lowest BCUT2D eigenvalue weighted by molar-refractivity contribution is 0.0908. The molecule has 0 saturated heterocycles. The van der Waals surface area contributed by atoms with Crippen LogP contribution in [0.5, 0.6) is 0 Å². The molecule has 0 aliphatic heterocycles. The molecule has 0 spiro atoms. The van der Waals surface area contributed by atoms with E-state index in [2.05, 4.69) is 5.32 Å². The van der Waals surface area contributed by atoms with E-state index in [0.29, 0.717) is 10.6 Å². The summed E-state index contributed by atoms with van der Waals surface area (Å²) in [5, 5.41) is 3.09. The van der Waals surface area contributed by atoms with Gasteiger partial charge in [0, 0.05) is 25.3 Å². The molecule has 0 bridgehead atoms. The highest BCUT2D eigenvalue weighted by Gasteiger charge is 2.36. The maximum Gasteiger partial charge on any atom is 0.252 e. The Kier molecular flexibility index (Phi) is 4.83. The Morgan fingerprint density at radius 2 is 1.95 bits per heavy atom. The van der Waals surface area contributed by atoms with Crippen LogP contribution in [0.1, 0.15) is 42.5 Å². The van der Waals surface area contributed by atoms with Crippen molar-refractivity contribution in [1.82, 2.24) is 5.32 Å². The Labute approximate surface area is 131 Å². The summed E-state index contributed by atoms with van der Waals surface area (Å²) in [4.78, 5) is 14.9. The van der Waals surface area contributed by atoms with Crippen molar-refractivity contribution in [1.29, 1.82) is 0 Å². The number of carbonyl (C=O) groups excluding carboxylic acids is 1. The molecule has 5 heteroatoms. The summed E-state index contributed by atoms with van der Waals surface area (Å²) >= 11 is 5.22. The van der Waals surface area contributed by atoms with Crippen LogP contribution in [0.4, 0.5) is 5.69 Å². The van der Waals surface area contributed by atoms with Crippen molar-refractivity contribution in [3.63, 3.8) is 0 Å². The van der Waals surface area contributed by atoms with Crippen LogP contribution in [0, 0.1) is 0 Å². The minimum Gasteiger partial charge on any atom is -0.391 e. The number of rotatable bonds is 4. The second kappa shape index (κ2) is 6.43. The van der Waals surface area contributed by atoms with Crippen LogP contribution >= 0.6 is 12.2 Å². The fourth-order valence-electron chi connectivity index (χ4n) is 2.80. The second-order valence-electron chi connectivity index (χ2n) is 5.91. The van der Waals surface area contributed by atoms with Crippen LogP contribution < -0.4 is 16.0 Å². The van der Waals surface area contributed by atoms with E-state index in [1.54, 1.807) is 0 Å². The summed E-state index contributed by atoms with van der Waals surface area (Å²) < 4.78 is 0. The lowest BCUT2D eigenvalue weighted by Crippen LogP contribution is -2.57. The zero-order valence-corrected chi connectivity index (χ0v) is 13.5. The van der Waals surface area contributed by atoms with Crippen LogP contribution in [0.2, 0.25) is 0 Å². The monoisotopic (exact) mass is 305 g/mol. The van der Waals surface area contributed by atoms with Gasteiger partial charge in [-0.15, -0.1) is 0 Å². The summed E-state index contributed by atoms with van der Waals surface area (Å²) in [6.07, 6.45) is 4.95. The maximum absolute atomic E-state index is 12.6. The van der Waals surface area contributed by atoms with E-state index in [1.807, 2.05) is 43.3 Å². The lowest BCUT2D eigenvalue weighted by Gasteiger charge is -2.37. The summed E-state index contributed by atoms with van der Waals surface area (Å²) in [6, 6.07) is 7.56.